The molecule has 0 radical (unpaired) electrons. The molecule has 3 unspecified atom stereocenters. The number of ether oxygens (including phenoxy) is 2. The summed E-state index contributed by atoms with van der Waals surface area (Å²) >= 11 is 0. The molecule has 0 saturated carbocycles. The summed E-state index contributed by atoms with van der Waals surface area (Å²) in [6.07, 6.45) is 43.3. The van der Waals surface area contributed by atoms with Crippen LogP contribution in [0.4, 0.5) is 0 Å². The lowest BCUT2D eigenvalue weighted by molar-refractivity contribution is -0.870. The molecule has 0 aromatic carbocycles. The van der Waals surface area contributed by atoms with E-state index in [0.717, 1.165) is 77.0 Å². The van der Waals surface area contributed by atoms with Crippen LogP contribution in [0.1, 0.15) is 149 Å². The number of aliphatic hydroxyl groups excluding tert-OH is 1. The largest absolute Gasteiger partial charge is 0.472 e. The lowest BCUT2D eigenvalue weighted by atomic mass is 10.1. The van der Waals surface area contributed by atoms with Gasteiger partial charge in [0.25, 0.3) is 0 Å². The molecular weight excluding hydrogens is 741 g/mol. The Hall–Kier alpha value is -2.59. The van der Waals surface area contributed by atoms with Crippen molar-refractivity contribution in [3.63, 3.8) is 0 Å². The number of likely N-dealkylation sites (N-methyl/N-ethyl adjacent to an activating group) is 1. The molecule has 2 N–H and O–H groups in total. The molecule has 0 fully saturated rings. The number of unbranched alkanes of at least 4 members (excludes halogenated alkanes) is 9. The highest BCUT2D eigenvalue weighted by atomic mass is 31.2. The van der Waals surface area contributed by atoms with Crippen LogP contribution >= 0.6 is 7.82 Å². The molecule has 0 aromatic heterocycles. The minimum absolute atomic E-state index is 0.00924. The second-order valence-corrected chi connectivity index (χ2v) is 17.0. The van der Waals surface area contributed by atoms with Crippen molar-refractivity contribution in [2.45, 2.75) is 161 Å². The highest BCUT2D eigenvalue weighted by Gasteiger charge is 2.27. The van der Waals surface area contributed by atoms with Crippen molar-refractivity contribution < 1.29 is 47.2 Å². The fourth-order valence-electron chi connectivity index (χ4n) is 5.25. The third kappa shape index (κ3) is 41.4. The van der Waals surface area contributed by atoms with Crippen molar-refractivity contribution in [3.8, 4) is 0 Å². The monoisotopic (exact) mass is 823 g/mol. The van der Waals surface area contributed by atoms with Crippen LogP contribution in [0.25, 0.3) is 0 Å². The third-order valence-electron chi connectivity index (χ3n) is 8.87. The Labute approximate surface area is 347 Å². The normalized spacial score (nSPS) is 14.9. The molecule has 0 heterocycles. The lowest BCUT2D eigenvalue weighted by Gasteiger charge is -2.24. The first-order valence-electron chi connectivity index (χ1n) is 21.7. The summed E-state index contributed by atoms with van der Waals surface area (Å²) in [6.45, 7) is 4.00. The third-order valence-corrected chi connectivity index (χ3v) is 9.86. The van der Waals surface area contributed by atoms with Gasteiger partial charge in [0.05, 0.1) is 33.9 Å². The van der Waals surface area contributed by atoms with E-state index < -0.39 is 32.5 Å². The number of carbonyl (C=O) groups is 2. The van der Waals surface area contributed by atoms with E-state index in [1.807, 2.05) is 34.1 Å². The maximum absolute atomic E-state index is 12.7. The molecule has 0 amide bonds. The van der Waals surface area contributed by atoms with Gasteiger partial charge in [-0.3, -0.25) is 18.6 Å². The number of carbonyl (C=O) groups excluding carboxylic acids is 2. The van der Waals surface area contributed by atoms with Gasteiger partial charge in [-0.15, -0.1) is 0 Å². The molecule has 0 bridgehead atoms. The quantitative estimate of drug-likeness (QED) is 0.0206. The first-order chi connectivity index (χ1) is 27.4. The zero-order valence-corrected chi connectivity index (χ0v) is 37.3. The number of phosphoric acid groups is 1. The van der Waals surface area contributed by atoms with E-state index in [2.05, 4.69) is 73.8 Å². The van der Waals surface area contributed by atoms with E-state index >= 15 is 0 Å². The molecular formula is C46H81NO9P+. The summed E-state index contributed by atoms with van der Waals surface area (Å²) < 4.78 is 34.2. The van der Waals surface area contributed by atoms with E-state index in [9.17, 15) is 24.2 Å². The topological polar surface area (TPSA) is 129 Å². The molecule has 0 spiro atoms. The number of hydrogen-bond acceptors (Lipinski definition) is 8. The summed E-state index contributed by atoms with van der Waals surface area (Å²) in [7, 11) is 1.40. The Balaban J connectivity index is 4.52. The van der Waals surface area contributed by atoms with E-state index in [4.69, 9.17) is 18.5 Å². The molecule has 0 aromatic rings. The second-order valence-electron chi connectivity index (χ2n) is 15.5. The molecule has 0 aliphatic rings. The van der Waals surface area contributed by atoms with Crippen LogP contribution in [0.15, 0.2) is 72.9 Å². The number of rotatable bonds is 38. The number of allylic oxidation sites excluding steroid dienone is 12. The molecule has 57 heavy (non-hydrogen) atoms. The van der Waals surface area contributed by atoms with Gasteiger partial charge in [0.1, 0.15) is 19.8 Å². The lowest BCUT2D eigenvalue weighted by Crippen LogP contribution is -2.37. The van der Waals surface area contributed by atoms with E-state index in [-0.39, 0.29) is 32.2 Å². The van der Waals surface area contributed by atoms with Crippen LogP contribution in [0.5, 0.6) is 0 Å². The average molecular weight is 823 g/mol. The van der Waals surface area contributed by atoms with Gasteiger partial charge in [-0.2, -0.15) is 0 Å². The molecule has 0 aliphatic carbocycles. The number of quaternary nitrogens is 1. The summed E-state index contributed by atoms with van der Waals surface area (Å²) in [6, 6.07) is 0. The zero-order chi connectivity index (χ0) is 42.3. The van der Waals surface area contributed by atoms with Gasteiger partial charge >= 0.3 is 19.8 Å². The number of hydrogen-bond donors (Lipinski definition) is 2. The van der Waals surface area contributed by atoms with Crippen molar-refractivity contribution in [2.24, 2.45) is 0 Å². The molecule has 3 atom stereocenters. The van der Waals surface area contributed by atoms with Crippen molar-refractivity contribution in [3.05, 3.63) is 72.9 Å². The minimum atomic E-state index is -4.40. The Morgan fingerprint density at radius 3 is 1.67 bits per heavy atom. The second kappa shape index (κ2) is 37.7. The highest BCUT2D eigenvalue weighted by Crippen LogP contribution is 2.43. The van der Waals surface area contributed by atoms with Gasteiger partial charge in [-0.05, 0) is 89.9 Å². The van der Waals surface area contributed by atoms with Crippen LogP contribution in [-0.2, 0) is 32.7 Å². The van der Waals surface area contributed by atoms with Crippen molar-refractivity contribution in [1.82, 2.24) is 0 Å². The minimum Gasteiger partial charge on any atom is -0.462 e. The smallest absolute Gasteiger partial charge is 0.462 e. The molecule has 0 saturated heterocycles. The van der Waals surface area contributed by atoms with Crippen LogP contribution in [0.3, 0.4) is 0 Å². The van der Waals surface area contributed by atoms with Gasteiger partial charge in [0.15, 0.2) is 6.10 Å². The maximum atomic E-state index is 12.7. The molecule has 11 heteroatoms. The Morgan fingerprint density at radius 1 is 0.614 bits per heavy atom. The van der Waals surface area contributed by atoms with Gasteiger partial charge in [-0.1, -0.05) is 119 Å². The van der Waals surface area contributed by atoms with Gasteiger partial charge in [-0.25, -0.2) is 4.57 Å². The van der Waals surface area contributed by atoms with E-state index in [1.54, 1.807) is 0 Å². The zero-order valence-electron chi connectivity index (χ0n) is 36.4. The summed E-state index contributed by atoms with van der Waals surface area (Å²) in [4.78, 5) is 35.3. The number of esters is 2. The first-order valence-corrected chi connectivity index (χ1v) is 23.2. The standard InChI is InChI=1S/C46H80NO9P/c1-6-8-9-10-11-12-13-14-15-19-22-25-28-31-34-37-45(49)53-41-44(42-55-57(51,52)54-40-39-47(3,4)5)56-46(50)38-35-32-29-26-23-20-17-16-18-21-24-27-30-33-36-43(48)7-2/h11-12,14-15,17-18,20-21,26-27,29-30,43-44,48H,6-10,13,16,19,22-25,28,31-42H2,1-5H3/p+1/b12-11-,15-14-,20-17-,21-18-,29-26-,30-27-. The predicted octanol–water partition coefficient (Wildman–Crippen LogP) is 11.2. The van der Waals surface area contributed by atoms with Crippen LogP contribution in [0, 0.1) is 0 Å². The fourth-order valence-corrected chi connectivity index (χ4v) is 5.99. The van der Waals surface area contributed by atoms with Gasteiger partial charge in [0.2, 0.25) is 0 Å². The van der Waals surface area contributed by atoms with Crippen LogP contribution in [-0.4, -0.2) is 86.1 Å². The summed E-state index contributed by atoms with van der Waals surface area (Å²) in [5.41, 5.74) is 0. The summed E-state index contributed by atoms with van der Waals surface area (Å²) in [5.74, 6) is -0.906. The molecule has 0 aliphatic heterocycles. The molecule has 328 valence electrons. The Bertz CT molecular complexity index is 1220. The van der Waals surface area contributed by atoms with Crippen molar-refractivity contribution >= 4 is 19.8 Å². The molecule has 10 nitrogen and oxygen atoms in total. The number of phosphoric ester groups is 1. The summed E-state index contributed by atoms with van der Waals surface area (Å²) in [5, 5.41) is 9.57. The molecule has 0 rings (SSSR count). The SMILES string of the molecule is CCCCC/C=C\C/C=C\CCCCCCCC(=O)OCC(COP(=O)(O)OCC[N+](C)(C)C)OC(=O)CCC/C=C\C/C=C\C/C=C\C/C=C\CCC(O)CC. The predicted molar refractivity (Wildman–Crippen MR) is 235 cm³/mol. The number of aliphatic hydroxyl groups is 1. The average Bonchev–Trinajstić information content (AvgIpc) is 3.16. The van der Waals surface area contributed by atoms with Crippen molar-refractivity contribution in [2.75, 3.05) is 47.5 Å². The Kier molecular flexibility index (Phi) is 36.0. The Morgan fingerprint density at radius 2 is 1.11 bits per heavy atom. The first kappa shape index (κ1) is 54.4. The van der Waals surface area contributed by atoms with Crippen LogP contribution in [0.2, 0.25) is 0 Å². The fraction of sp³-hybridized carbons (Fsp3) is 0.696. The van der Waals surface area contributed by atoms with E-state index in [1.165, 1.54) is 25.7 Å². The van der Waals surface area contributed by atoms with Crippen LogP contribution < -0.4 is 0 Å². The number of nitrogens with zero attached hydrogens (tertiary/aromatic N) is 1. The highest BCUT2D eigenvalue weighted by molar-refractivity contribution is 7.47. The van der Waals surface area contributed by atoms with Crippen molar-refractivity contribution in [1.29, 1.82) is 0 Å². The van der Waals surface area contributed by atoms with E-state index in [0.29, 0.717) is 30.3 Å². The van der Waals surface area contributed by atoms with Gasteiger partial charge in [0, 0.05) is 12.8 Å². The van der Waals surface area contributed by atoms with Gasteiger partial charge < -0.3 is 24.0 Å². The maximum Gasteiger partial charge on any atom is 0.472 e.